The second-order valence-electron chi connectivity index (χ2n) is 5.20. The average molecular weight is 370 g/mol. The number of ether oxygens (including phenoxy) is 2. The van der Waals surface area contributed by atoms with Crippen molar-refractivity contribution in [3.8, 4) is 11.5 Å². The summed E-state index contributed by atoms with van der Waals surface area (Å²) < 4.78 is 10.4. The highest BCUT2D eigenvalue weighted by atomic mass is 16.5. The summed E-state index contributed by atoms with van der Waals surface area (Å²) in [5, 5.41) is 32.8. The summed E-state index contributed by atoms with van der Waals surface area (Å²) in [7, 11) is 3.01. The van der Waals surface area contributed by atoms with Crippen LogP contribution in [0.1, 0.15) is 21.5 Å². The van der Waals surface area contributed by atoms with E-state index in [2.05, 4.69) is 10.3 Å². The molecule has 0 atom stereocenters. The van der Waals surface area contributed by atoms with Gasteiger partial charge >= 0.3 is 5.97 Å². The third-order valence-electron chi connectivity index (χ3n) is 3.72. The van der Waals surface area contributed by atoms with Crippen LogP contribution in [0.3, 0.4) is 0 Å². The highest BCUT2D eigenvalue weighted by Gasteiger charge is 2.25. The normalized spacial score (nSPS) is 14.9. The van der Waals surface area contributed by atoms with Crippen LogP contribution in [0.5, 0.6) is 11.5 Å². The van der Waals surface area contributed by atoms with Gasteiger partial charge in [0.2, 0.25) is 0 Å². The van der Waals surface area contributed by atoms with Crippen molar-refractivity contribution in [3.05, 3.63) is 71.3 Å². The maximum atomic E-state index is 10.2. The molecule has 0 spiro atoms. The van der Waals surface area contributed by atoms with E-state index in [9.17, 15) is 4.79 Å². The minimum atomic E-state index is -0.879. The number of allylic oxidation sites excluding steroid dienone is 2. The number of oxime groups is 2. The molecule has 3 rings (SSSR count). The zero-order chi connectivity index (χ0) is 19.8. The van der Waals surface area contributed by atoms with E-state index in [-0.39, 0.29) is 0 Å². The Bertz CT molecular complexity index is 855. The molecule has 8 nitrogen and oxygen atoms in total. The fraction of sp³-hybridized carbons (Fsp3) is 0.105. The smallest absolute Gasteiger partial charge is 0.335 e. The predicted octanol–water partition coefficient (Wildman–Crippen LogP) is 3.02. The van der Waals surface area contributed by atoms with E-state index in [1.54, 1.807) is 42.5 Å². The number of hydrogen-bond donors (Lipinski definition) is 3. The van der Waals surface area contributed by atoms with Gasteiger partial charge in [-0.15, -0.1) is 0 Å². The van der Waals surface area contributed by atoms with Gasteiger partial charge in [-0.3, -0.25) is 0 Å². The van der Waals surface area contributed by atoms with Gasteiger partial charge in [0, 0.05) is 0 Å². The SMILES string of the molecule is COc1ccc(OC)c2c1C(=NO)C=CC2=NO.O=C(O)c1ccccc1. The molecule has 0 bridgehead atoms. The Hall–Kier alpha value is -3.81. The molecule has 1 aliphatic carbocycles. The number of carboxylic acids is 1. The molecule has 0 saturated heterocycles. The fourth-order valence-corrected chi connectivity index (χ4v) is 2.49. The van der Waals surface area contributed by atoms with Crippen LogP contribution in [0.4, 0.5) is 0 Å². The Morgan fingerprint density at radius 3 is 1.56 bits per heavy atom. The molecule has 1 aliphatic rings. The van der Waals surface area contributed by atoms with Gasteiger partial charge in [0.1, 0.15) is 22.9 Å². The molecular weight excluding hydrogens is 352 g/mol. The van der Waals surface area contributed by atoms with Crippen LogP contribution in [-0.4, -0.2) is 47.1 Å². The van der Waals surface area contributed by atoms with Gasteiger partial charge in [-0.1, -0.05) is 28.5 Å². The fourth-order valence-electron chi connectivity index (χ4n) is 2.49. The largest absolute Gasteiger partial charge is 0.496 e. The summed E-state index contributed by atoms with van der Waals surface area (Å²) in [6, 6.07) is 11.7. The standard InChI is InChI=1S/C12H12N2O4.C7H6O2/c1-17-9-5-6-10(18-2)12-8(14-16)4-3-7(13-15)11(9)12;8-7(9)6-4-2-1-3-5-6/h3-6,15-16H,1-2H3;1-5H,(H,8,9). The first-order chi connectivity index (χ1) is 13.1. The third kappa shape index (κ3) is 4.24. The van der Waals surface area contributed by atoms with E-state index >= 15 is 0 Å². The molecule has 3 N–H and O–H groups in total. The van der Waals surface area contributed by atoms with E-state index in [1.165, 1.54) is 26.4 Å². The van der Waals surface area contributed by atoms with Crippen LogP contribution in [0.15, 0.2) is 64.9 Å². The molecule has 0 aromatic heterocycles. The number of methoxy groups -OCH3 is 2. The molecule has 0 unspecified atom stereocenters. The Morgan fingerprint density at radius 2 is 1.26 bits per heavy atom. The molecule has 140 valence electrons. The van der Waals surface area contributed by atoms with Gasteiger partial charge in [0.15, 0.2) is 0 Å². The third-order valence-corrected chi connectivity index (χ3v) is 3.72. The Morgan fingerprint density at radius 1 is 0.815 bits per heavy atom. The number of rotatable bonds is 3. The highest BCUT2D eigenvalue weighted by molar-refractivity contribution is 6.27. The van der Waals surface area contributed by atoms with E-state index in [0.29, 0.717) is 39.6 Å². The van der Waals surface area contributed by atoms with Gasteiger partial charge in [0.05, 0.1) is 30.9 Å². The summed E-state index contributed by atoms with van der Waals surface area (Å²) >= 11 is 0. The van der Waals surface area contributed by atoms with Crippen LogP contribution >= 0.6 is 0 Å². The minimum absolute atomic E-state index is 0.313. The number of hydrogen-bond acceptors (Lipinski definition) is 7. The van der Waals surface area contributed by atoms with Crippen molar-refractivity contribution >= 4 is 17.4 Å². The van der Waals surface area contributed by atoms with Crippen molar-refractivity contribution in [3.63, 3.8) is 0 Å². The quantitative estimate of drug-likeness (QED) is 0.564. The van der Waals surface area contributed by atoms with Gasteiger partial charge in [-0.25, -0.2) is 4.79 Å². The van der Waals surface area contributed by atoms with Gasteiger partial charge in [-0.2, -0.15) is 0 Å². The molecule has 0 saturated carbocycles. The number of nitrogens with zero attached hydrogens (tertiary/aromatic N) is 2. The van der Waals surface area contributed by atoms with Crippen LogP contribution in [0, 0.1) is 0 Å². The summed E-state index contributed by atoms with van der Waals surface area (Å²) in [6.07, 6.45) is 3.05. The maximum absolute atomic E-state index is 10.2. The zero-order valence-corrected chi connectivity index (χ0v) is 14.7. The van der Waals surface area contributed by atoms with Gasteiger partial charge < -0.3 is 25.0 Å². The minimum Gasteiger partial charge on any atom is -0.496 e. The predicted molar refractivity (Wildman–Crippen MR) is 98.7 cm³/mol. The number of benzene rings is 2. The van der Waals surface area contributed by atoms with Crippen molar-refractivity contribution < 1.29 is 29.8 Å². The lowest BCUT2D eigenvalue weighted by Gasteiger charge is -2.19. The molecule has 0 heterocycles. The van der Waals surface area contributed by atoms with E-state index in [0.717, 1.165) is 0 Å². The van der Waals surface area contributed by atoms with Crippen molar-refractivity contribution in [1.82, 2.24) is 0 Å². The topological polar surface area (TPSA) is 121 Å². The Kier molecular flexibility index (Phi) is 6.54. The molecule has 8 heteroatoms. The van der Waals surface area contributed by atoms with Gasteiger partial charge in [0.25, 0.3) is 0 Å². The van der Waals surface area contributed by atoms with Gasteiger partial charge in [-0.05, 0) is 36.4 Å². The van der Waals surface area contributed by atoms with E-state index < -0.39 is 5.97 Å². The lowest BCUT2D eigenvalue weighted by atomic mass is 9.92. The van der Waals surface area contributed by atoms with E-state index in [4.69, 9.17) is 25.0 Å². The summed E-state index contributed by atoms with van der Waals surface area (Å²) in [4.78, 5) is 10.2. The number of carboxylic acid groups (broad SMARTS) is 1. The second-order valence-corrected chi connectivity index (χ2v) is 5.20. The zero-order valence-electron chi connectivity index (χ0n) is 14.7. The lowest BCUT2D eigenvalue weighted by molar-refractivity contribution is 0.0697. The molecule has 2 aromatic rings. The molecule has 27 heavy (non-hydrogen) atoms. The highest BCUT2D eigenvalue weighted by Crippen LogP contribution is 2.34. The second kappa shape index (κ2) is 9.04. The Balaban J connectivity index is 0.000000244. The van der Waals surface area contributed by atoms with Crippen molar-refractivity contribution in [2.24, 2.45) is 10.3 Å². The number of carbonyl (C=O) groups is 1. The van der Waals surface area contributed by atoms with Crippen LogP contribution in [0.25, 0.3) is 0 Å². The lowest BCUT2D eigenvalue weighted by Crippen LogP contribution is -2.16. The van der Waals surface area contributed by atoms with Crippen molar-refractivity contribution in [2.75, 3.05) is 14.2 Å². The molecular formula is C19H18N2O6. The van der Waals surface area contributed by atoms with Crippen molar-refractivity contribution in [1.29, 1.82) is 0 Å². The average Bonchev–Trinajstić information content (AvgIpc) is 2.73. The molecule has 2 aromatic carbocycles. The molecule has 0 radical (unpaired) electrons. The van der Waals surface area contributed by atoms with Crippen LogP contribution in [0.2, 0.25) is 0 Å². The summed E-state index contributed by atoms with van der Waals surface area (Å²) in [5.41, 5.74) is 2.00. The molecule has 0 amide bonds. The van der Waals surface area contributed by atoms with Crippen LogP contribution in [-0.2, 0) is 0 Å². The molecule has 0 aliphatic heterocycles. The first kappa shape index (κ1) is 19.5. The first-order valence-electron chi connectivity index (χ1n) is 7.73. The van der Waals surface area contributed by atoms with E-state index in [1.807, 2.05) is 0 Å². The summed E-state index contributed by atoms with van der Waals surface area (Å²) in [6.45, 7) is 0. The molecule has 0 fully saturated rings. The maximum Gasteiger partial charge on any atom is 0.335 e. The Labute approximate surface area is 155 Å². The van der Waals surface area contributed by atoms with Crippen LogP contribution < -0.4 is 9.47 Å². The summed E-state index contributed by atoms with van der Waals surface area (Å²) in [5.74, 6) is 0.129. The number of aromatic carboxylic acids is 1. The van der Waals surface area contributed by atoms with Crippen molar-refractivity contribution in [2.45, 2.75) is 0 Å². The monoisotopic (exact) mass is 370 g/mol. The first-order valence-corrected chi connectivity index (χ1v) is 7.73. The number of fused-ring (bicyclic) bond motifs is 1.